The minimum absolute atomic E-state index is 0.156. The normalized spacial score (nSPS) is 18.1. The van der Waals surface area contributed by atoms with Crippen LogP contribution in [0.3, 0.4) is 0 Å². The number of halogens is 1. The third-order valence-corrected chi connectivity index (χ3v) is 2.97. The van der Waals surface area contributed by atoms with Crippen molar-refractivity contribution in [2.75, 3.05) is 6.54 Å². The fourth-order valence-electron chi connectivity index (χ4n) is 2.06. The van der Waals surface area contributed by atoms with Crippen LogP contribution < -0.4 is 5.73 Å². The highest BCUT2D eigenvalue weighted by Gasteiger charge is 2.31. The van der Waals surface area contributed by atoms with Crippen molar-refractivity contribution in [2.45, 2.75) is 25.2 Å². The molecule has 76 valence electrons. The highest BCUT2D eigenvalue weighted by Crippen LogP contribution is 2.44. The van der Waals surface area contributed by atoms with Crippen LogP contribution in [0.2, 0.25) is 0 Å². The summed E-state index contributed by atoms with van der Waals surface area (Å²) in [6, 6.07) is 6.88. The Hall–Kier alpha value is -0.890. The summed E-state index contributed by atoms with van der Waals surface area (Å²) in [6.45, 7) is 0.721. The zero-order chi connectivity index (χ0) is 9.97. The van der Waals surface area contributed by atoms with Gasteiger partial charge in [-0.3, -0.25) is 0 Å². The topological polar surface area (TPSA) is 26.0 Å². The van der Waals surface area contributed by atoms with Crippen molar-refractivity contribution >= 4 is 0 Å². The molecule has 14 heavy (non-hydrogen) atoms. The lowest BCUT2D eigenvalue weighted by atomic mass is 9.91. The zero-order valence-electron chi connectivity index (χ0n) is 8.25. The summed E-state index contributed by atoms with van der Waals surface area (Å²) in [5.74, 6) is 1.20. The van der Waals surface area contributed by atoms with Crippen molar-refractivity contribution in [3.8, 4) is 0 Å². The first-order valence-corrected chi connectivity index (χ1v) is 5.27. The SMILES string of the molecule is NCCC(c1ccc(F)cc1)C1CC1. The monoisotopic (exact) mass is 193 g/mol. The molecule has 0 amide bonds. The highest BCUT2D eigenvalue weighted by atomic mass is 19.1. The summed E-state index contributed by atoms with van der Waals surface area (Å²) in [6.07, 6.45) is 3.64. The minimum Gasteiger partial charge on any atom is -0.330 e. The maximum atomic E-state index is 12.7. The van der Waals surface area contributed by atoms with Crippen molar-refractivity contribution in [3.63, 3.8) is 0 Å². The van der Waals surface area contributed by atoms with Crippen LogP contribution in [0.5, 0.6) is 0 Å². The van der Waals surface area contributed by atoms with Crippen molar-refractivity contribution < 1.29 is 4.39 Å². The molecule has 1 fully saturated rings. The fourth-order valence-corrected chi connectivity index (χ4v) is 2.06. The second-order valence-electron chi connectivity index (χ2n) is 4.07. The number of rotatable bonds is 4. The molecule has 1 atom stereocenters. The van der Waals surface area contributed by atoms with E-state index in [0.717, 1.165) is 18.9 Å². The molecule has 2 rings (SSSR count). The molecule has 0 aromatic heterocycles. The van der Waals surface area contributed by atoms with E-state index in [9.17, 15) is 4.39 Å². The molecule has 1 saturated carbocycles. The van der Waals surface area contributed by atoms with Crippen LogP contribution in [0.25, 0.3) is 0 Å². The smallest absolute Gasteiger partial charge is 0.123 e. The predicted octanol–water partition coefficient (Wildman–Crippen LogP) is 2.67. The van der Waals surface area contributed by atoms with Gasteiger partial charge in [0.1, 0.15) is 5.82 Å². The minimum atomic E-state index is -0.156. The summed E-state index contributed by atoms with van der Waals surface area (Å²) in [5, 5.41) is 0. The van der Waals surface area contributed by atoms with Crippen LogP contribution in [-0.4, -0.2) is 6.54 Å². The Bertz CT molecular complexity index is 290. The van der Waals surface area contributed by atoms with Crippen LogP contribution >= 0.6 is 0 Å². The molecule has 0 bridgehead atoms. The van der Waals surface area contributed by atoms with E-state index >= 15 is 0 Å². The van der Waals surface area contributed by atoms with E-state index < -0.39 is 0 Å². The number of hydrogen-bond donors (Lipinski definition) is 1. The largest absolute Gasteiger partial charge is 0.330 e. The molecule has 1 aromatic rings. The molecule has 0 saturated heterocycles. The zero-order valence-corrected chi connectivity index (χ0v) is 8.25. The van der Waals surface area contributed by atoms with Crippen molar-refractivity contribution in [2.24, 2.45) is 11.7 Å². The Morgan fingerprint density at radius 2 is 1.93 bits per heavy atom. The Labute approximate surface area is 84.1 Å². The van der Waals surface area contributed by atoms with E-state index in [1.165, 1.54) is 18.4 Å². The van der Waals surface area contributed by atoms with Crippen LogP contribution in [-0.2, 0) is 0 Å². The number of nitrogens with two attached hydrogens (primary N) is 1. The maximum absolute atomic E-state index is 12.7. The van der Waals surface area contributed by atoms with E-state index in [1.54, 1.807) is 12.1 Å². The van der Waals surface area contributed by atoms with Crippen LogP contribution in [0.1, 0.15) is 30.7 Å². The first-order chi connectivity index (χ1) is 6.81. The van der Waals surface area contributed by atoms with Gasteiger partial charge in [0.05, 0.1) is 0 Å². The number of hydrogen-bond acceptors (Lipinski definition) is 1. The molecule has 0 heterocycles. The molecular formula is C12H16FN. The summed E-state index contributed by atoms with van der Waals surface area (Å²) < 4.78 is 12.7. The van der Waals surface area contributed by atoms with Gasteiger partial charge in [-0.1, -0.05) is 12.1 Å². The van der Waals surface area contributed by atoms with Gasteiger partial charge in [0.2, 0.25) is 0 Å². The van der Waals surface area contributed by atoms with Gasteiger partial charge in [-0.15, -0.1) is 0 Å². The third-order valence-electron chi connectivity index (χ3n) is 2.97. The van der Waals surface area contributed by atoms with Crippen molar-refractivity contribution in [3.05, 3.63) is 35.6 Å². The lowest BCUT2D eigenvalue weighted by Gasteiger charge is -2.15. The van der Waals surface area contributed by atoms with Crippen molar-refractivity contribution in [1.82, 2.24) is 0 Å². The second kappa shape index (κ2) is 4.09. The van der Waals surface area contributed by atoms with E-state index in [0.29, 0.717) is 5.92 Å². The molecular weight excluding hydrogens is 177 g/mol. The molecule has 2 heteroatoms. The summed E-state index contributed by atoms with van der Waals surface area (Å²) >= 11 is 0. The quantitative estimate of drug-likeness (QED) is 0.781. The molecule has 2 N–H and O–H groups in total. The Kier molecular flexibility index (Phi) is 2.82. The third kappa shape index (κ3) is 2.13. The van der Waals surface area contributed by atoms with Gasteiger partial charge < -0.3 is 5.73 Å². The number of benzene rings is 1. The molecule has 1 aliphatic rings. The van der Waals surface area contributed by atoms with Gasteiger partial charge >= 0.3 is 0 Å². The van der Waals surface area contributed by atoms with E-state index in [1.807, 2.05) is 12.1 Å². The standard InChI is InChI=1S/C12H16FN/c13-11-5-3-10(4-6-11)12(7-8-14)9-1-2-9/h3-6,9,12H,1-2,7-8,14H2. The average Bonchev–Trinajstić information content (AvgIpc) is 2.99. The Balaban J connectivity index is 2.13. The molecule has 0 radical (unpaired) electrons. The van der Waals surface area contributed by atoms with Crippen LogP contribution in [0, 0.1) is 11.7 Å². The maximum Gasteiger partial charge on any atom is 0.123 e. The fraction of sp³-hybridized carbons (Fsp3) is 0.500. The molecule has 1 aliphatic carbocycles. The van der Waals surface area contributed by atoms with Gasteiger partial charge in [-0.25, -0.2) is 4.39 Å². The molecule has 0 aliphatic heterocycles. The van der Waals surface area contributed by atoms with E-state index in [-0.39, 0.29) is 5.82 Å². The Morgan fingerprint density at radius 1 is 1.29 bits per heavy atom. The van der Waals surface area contributed by atoms with Gasteiger partial charge in [0.25, 0.3) is 0 Å². The van der Waals surface area contributed by atoms with Crippen LogP contribution in [0.15, 0.2) is 24.3 Å². The summed E-state index contributed by atoms with van der Waals surface area (Å²) in [5.41, 5.74) is 6.84. The molecule has 1 aromatic carbocycles. The molecule has 1 unspecified atom stereocenters. The average molecular weight is 193 g/mol. The van der Waals surface area contributed by atoms with Gasteiger partial charge in [0.15, 0.2) is 0 Å². The van der Waals surface area contributed by atoms with E-state index in [4.69, 9.17) is 5.73 Å². The summed E-state index contributed by atoms with van der Waals surface area (Å²) in [7, 11) is 0. The lowest BCUT2D eigenvalue weighted by molar-refractivity contribution is 0.562. The molecule has 0 spiro atoms. The molecule has 1 nitrogen and oxygen atoms in total. The first-order valence-electron chi connectivity index (χ1n) is 5.27. The van der Waals surface area contributed by atoms with Crippen molar-refractivity contribution in [1.29, 1.82) is 0 Å². The van der Waals surface area contributed by atoms with Gasteiger partial charge in [0, 0.05) is 0 Å². The highest BCUT2D eigenvalue weighted by molar-refractivity contribution is 5.22. The van der Waals surface area contributed by atoms with Gasteiger partial charge in [-0.05, 0) is 55.3 Å². The van der Waals surface area contributed by atoms with Gasteiger partial charge in [-0.2, -0.15) is 0 Å². The summed E-state index contributed by atoms with van der Waals surface area (Å²) in [4.78, 5) is 0. The van der Waals surface area contributed by atoms with E-state index in [2.05, 4.69) is 0 Å². The first kappa shape index (κ1) is 9.66. The second-order valence-corrected chi connectivity index (χ2v) is 4.07. The predicted molar refractivity (Wildman–Crippen MR) is 55.5 cm³/mol. The van der Waals surface area contributed by atoms with Crippen LogP contribution in [0.4, 0.5) is 4.39 Å². The Morgan fingerprint density at radius 3 is 2.43 bits per heavy atom. The lowest BCUT2D eigenvalue weighted by Crippen LogP contribution is -2.09.